The van der Waals surface area contributed by atoms with Gasteiger partial charge in [-0.1, -0.05) is 6.92 Å². The van der Waals surface area contributed by atoms with Gasteiger partial charge in [0.15, 0.2) is 0 Å². The van der Waals surface area contributed by atoms with Crippen molar-refractivity contribution in [3.05, 3.63) is 23.7 Å². The predicted octanol–water partition coefficient (Wildman–Crippen LogP) is 1.54. The summed E-state index contributed by atoms with van der Waals surface area (Å²) in [6, 6.07) is 3.19. The topological polar surface area (TPSA) is 71.8 Å². The summed E-state index contributed by atoms with van der Waals surface area (Å²) in [4.78, 5) is 2.00. The number of hydrogen-bond acceptors (Lipinski definition) is 5. The average molecular weight is 330 g/mol. The second-order valence-electron chi connectivity index (χ2n) is 6.16. The molecule has 6 nitrogen and oxygen atoms in total. The van der Waals surface area contributed by atoms with Crippen LogP contribution in [0.2, 0.25) is 0 Å². The van der Waals surface area contributed by atoms with Gasteiger partial charge in [-0.25, -0.2) is 13.1 Å². The fourth-order valence-corrected chi connectivity index (χ4v) is 4.55. The lowest BCUT2D eigenvalue weighted by atomic mass is 10.2. The number of nitrogens with one attached hydrogen (secondary N) is 1. The van der Waals surface area contributed by atoms with Crippen LogP contribution in [0.15, 0.2) is 16.5 Å². The summed E-state index contributed by atoms with van der Waals surface area (Å²) in [5.41, 5.74) is -0.221. The molecule has 0 aromatic carbocycles. The summed E-state index contributed by atoms with van der Waals surface area (Å²) in [6.07, 6.45) is 2.60. The predicted molar refractivity (Wildman–Crippen MR) is 85.3 cm³/mol. The van der Waals surface area contributed by atoms with Gasteiger partial charge in [-0.15, -0.1) is 0 Å². The van der Waals surface area contributed by atoms with E-state index < -0.39 is 16.1 Å². The van der Waals surface area contributed by atoms with E-state index in [0.29, 0.717) is 5.76 Å². The summed E-state index contributed by atoms with van der Waals surface area (Å²) in [5.74, 6) is 1.54. The third-order valence-electron chi connectivity index (χ3n) is 4.26. The molecule has 0 amide bonds. The fraction of sp³-hybridized carbons (Fsp3) is 0.733. The normalized spacial score (nSPS) is 18.6. The second-order valence-corrected chi connectivity index (χ2v) is 7.92. The standard InChI is InChI=1S/C15H26N2O4S/c1-5-12-6-7-14(21-12)13(10-20-4)16-22(18,19)11-15(8-9-15)17(2)3/h6-7,13,16H,5,8-11H2,1-4H3/t13-/m0/s1. The molecule has 22 heavy (non-hydrogen) atoms. The van der Waals surface area contributed by atoms with Crippen molar-refractivity contribution in [3.63, 3.8) is 0 Å². The number of aryl methyl sites for hydroxylation is 1. The van der Waals surface area contributed by atoms with Gasteiger partial charge in [0.1, 0.15) is 17.6 Å². The molecule has 1 N–H and O–H groups in total. The lowest BCUT2D eigenvalue weighted by Gasteiger charge is -2.25. The van der Waals surface area contributed by atoms with E-state index in [4.69, 9.17) is 9.15 Å². The molecule has 0 saturated heterocycles. The molecule has 2 rings (SSSR count). The Morgan fingerprint density at radius 1 is 1.41 bits per heavy atom. The first-order chi connectivity index (χ1) is 10.3. The Hall–Kier alpha value is -0.890. The molecule has 1 heterocycles. The molecular weight excluding hydrogens is 304 g/mol. The fourth-order valence-electron chi connectivity index (χ4n) is 2.59. The number of rotatable bonds is 9. The van der Waals surface area contributed by atoms with Gasteiger partial charge in [-0.05, 0) is 39.1 Å². The van der Waals surface area contributed by atoms with Crippen molar-refractivity contribution in [2.75, 3.05) is 33.6 Å². The minimum Gasteiger partial charge on any atom is -0.464 e. The minimum atomic E-state index is -3.42. The van der Waals surface area contributed by atoms with E-state index in [9.17, 15) is 8.42 Å². The van der Waals surface area contributed by atoms with Gasteiger partial charge < -0.3 is 14.1 Å². The molecule has 1 aliphatic carbocycles. The molecule has 7 heteroatoms. The van der Waals surface area contributed by atoms with Crippen LogP contribution in [-0.4, -0.2) is 52.4 Å². The van der Waals surface area contributed by atoms with E-state index in [1.165, 1.54) is 0 Å². The molecule has 1 fully saturated rings. The lowest BCUT2D eigenvalue weighted by Crippen LogP contribution is -2.43. The van der Waals surface area contributed by atoms with Crippen LogP contribution in [0.3, 0.4) is 0 Å². The Morgan fingerprint density at radius 2 is 2.09 bits per heavy atom. The SMILES string of the molecule is CCc1ccc([C@H](COC)NS(=O)(=O)CC2(N(C)C)CC2)o1. The lowest BCUT2D eigenvalue weighted by molar-refractivity contribution is 0.165. The number of furan rings is 1. The molecule has 1 saturated carbocycles. The highest BCUT2D eigenvalue weighted by Gasteiger charge is 2.48. The first-order valence-electron chi connectivity index (χ1n) is 7.57. The van der Waals surface area contributed by atoms with Crippen molar-refractivity contribution in [1.29, 1.82) is 0 Å². The highest BCUT2D eigenvalue weighted by atomic mass is 32.2. The van der Waals surface area contributed by atoms with Crippen molar-refractivity contribution in [2.24, 2.45) is 0 Å². The molecule has 0 unspecified atom stereocenters. The van der Waals surface area contributed by atoms with Crippen molar-refractivity contribution in [3.8, 4) is 0 Å². The summed E-state index contributed by atoms with van der Waals surface area (Å²) < 4.78 is 38.5. The van der Waals surface area contributed by atoms with Gasteiger partial charge in [0.05, 0.1) is 12.4 Å². The van der Waals surface area contributed by atoms with Crippen LogP contribution in [-0.2, 0) is 21.2 Å². The van der Waals surface area contributed by atoms with Crippen LogP contribution < -0.4 is 4.72 Å². The number of sulfonamides is 1. The van der Waals surface area contributed by atoms with Gasteiger partial charge in [0.2, 0.25) is 10.0 Å². The zero-order chi connectivity index (χ0) is 16.4. The minimum absolute atomic E-state index is 0.106. The summed E-state index contributed by atoms with van der Waals surface area (Å²) >= 11 is 0. The molecule has 1 aromatic heterocycles. The van der Waals surface area contributed by atoms with Crippen molar-refractivity contribution in [1.82, 2.24) is 9.62 Å². The summed E-state index contributed by atoms with van der Waals surface area (Å²) in [6.45, 7) is 2.23. The Kier molecular flexibility index (Phi) is 5.32. The summed E-state index contributed by atoms with van der Waals surface area (Å²) in [5, 5.41) is 0. The Labute approximate surface area is 132 Å². The Morgan fingerprint density at radius 3 is 2.55 bits per heavy atom. The second kappa shape index (κ2) is 6.70. The van der Waals surface area contributed by atoms with Crippen LogP contribution in [0, 0.1) is 0 Å². The molecule has 0 bridgehead atoms. The van der Waals surface area contributed by atoms with Crippen LogP contribution >= 0.6 is 0 Å². The first-order valence-corrected chi connectivity index (χ1v) is 9.22. The molecule has 1 aromatic rings. The van der Waals surface area contributed by atoms with Gasteiger partial charge in [-0.3, -0.25) is 0 Å². The monoisotopic (exact) mass is 330 g/mol. The van der Waals surface area contributed by atoms with Crippen LogP contribution in [0.4, 0.5) is 0 Å². The molecule has 1 aliphatic rings. The average Bonchev–Trinajstić information content (AvgIpc) is 3.04. The van der Waals surface area contributed by atoms with E-state index in [1.807, 2.05) is 38.1 Å². The maximum absolute atomic E-state index is 12.5. The van der Waals surface area contributed by atoms with Crippen LogP contribution in [0.1, 0.15) is 37.3 Å². The maximum Gasteiger partial charge on any atom is 0.214 e. The van der Waals surface area contributed by atoms with Crippen LogP contribution in [0.5, 0.6) is 0 Å². The van der Waals surface area contributed by atoms with E-state index in [0.717, 1.165) is 25.0 Å². The molecule has 0 spiro atoms. The molecule has 126 valence electrons. The van der Waals surface area contributed by atoms with Gasteiger partial charge in [-0.2, -0.15) is 0 Å². The Balaban J connectivity index is 2.09. The smallest absolute Gasteiger partial charge is 0.214 e. The summed E-state index contributed by atoms with van der Waals surface area (Å²) in [7, 11) is 1.98. The zero-order valence-electron chi connectivity index (χ0n) is 13.8. The highest BCUT2D eigenvalue weighted by molar-refractivity contribution is 7.89. The number of hydrogen-bond donors (Lipinski definition) is 1. The van der Waals surface area contributed by atoms with Gasteiger partial charge in [0.25, 0.3) is 0 Å². The quantitative estimate of drug-likeness (QED) is 0.744. The third kappa shape index (κ3) is 4.10. The zero-order valence-corrected chi connectivity index (χ0v) is 14.6. The molecule has 0 radical (unpaired) electrons. The van der Waals surface area contributed by atoms with Gasteiger partial charge in [0, 0.05) is 19.1 Å². The number of ether oxygens (including phenoxy) is 1. The number of methoxy groups -OCH3 is 1. The first kappa shape index (κ1) is 17.5. The van der Waals surface area contributed by atoms with E-state index in [1.54, 1.807) is 7.11 Å². The van der Waals surface area contributed by atoms with E-state index in [-0.39, 0.29) is 17.9 Å². The maximum atomic E-state index is 12.5. The molecular formula is C15H26N2O4S. The number of nitrogens with zero attached hydrogens (tertiary/aromatic N) is 1. The van der Waals surface area contributed by atoms with Crippen molar-refractivity contribution >= 4 is 10.0 Å². The molecule has 1 atom stereocenters. The van der Waals surface area contributed by atoms with Crippen molar-refractivity contribution < 1.29 is 17.6 Å². The highest BCUT2D eigenvalue weighted by Crippen LogP contribution is 2.41. The van der Waals surface area contributed by atoms with E-state index >= 15 is 0 Å². The van der Waals surface area contributed by atoms with E-state index in [2.05, 4.69) is 4.72 Å². The Bertz CT molecular complexity index is 590. The largest absolute Gasteiger partial charge is 0.464 e. The van der Waals surface area contributed by atoms with Crippen molar-refractivity contribution in [2.45, 2.75) is 37.8 Å². The van der Waals surface area contributed by atoms with Gasteiger partial charge >= 0.3 is 0 Å². The van der Waals surface area contributed by atoms with Crippen LogP contribution in [0.25, 0.3) is 0 Å². The third-order valence-corrected chi connectivity index (χ3v) is 5.83. The molecule has 0 aliphatic heterocycles.